The number of likely N-dealkylation sites (N-methyl/N-ethyl adjacent to an activating group) is 1. The lowest BCUT2D eigenvalue weighted by molar-refractivity contribution is -0.144. The van der Waals surface area contributed by atoms with Crippen LogP contribution in [0.2, 0.25) is 0 Å². The number of nitrogens with zero attached hydrogens (tertiary/aromatic N) is 2. The van der Waals surface area contributed by atoms with Gasteiger partial charge in [0.15, 0.2) is 0 Å². The molecule has 0 aliphatic rings. The number of hydrogen-bond acceptors (Lipinski definition) is 3. The summed E-state index contributed by atoms with van der Waals surface area (Å²) in [5.74, 6) is -3.73. The maximum atomic E-state index is 13.5. The Balaban J connectivity index is 2.84. The van der Waals surface area contributed by atoms with Gasteiger partial charge in [-0.2, -0.15) is 0 Å². The highest BCUT2D eigenvalue weighted by molar-refractivity contribution is 6.39. The Bertz CT molecular complexity index is 527. The van der Waals surface area contributed by atoms with Crippen LogP contribution in [-0.2, 0) is 9.59 Å². The predicted octanol–water partition coefficient (Wildman–Crippen LogP) is 1.70. The van der Waals surface area contributed by atoms with Crippen LogP contribution in [0.3, 0.4) is 0 Å². The summed E-state index contributed by atoms with van der Waals surface area (Å²) in [6.07, 6.45) is 0. The molecule has 2 amide bonds. The Hall–Kier alpha value is -2.02. The van der Waals surface area contributed by atoms with Gasteiger partial charge >= 0.3 is 11.8 Å². The van der Waals surface area contributed by atoms with Crippen LogP contribution in [0.25, 0.3) is 0 Å². The minimum atomic E-state index is -1.06. The molecule has 1 aromatic carbocycles. The van der Waals surface area contributed by atoms with Crippen molar-refractivity contribution in [3.8, 4) is 0 Å². The minimum Gasteiger partial charge on any atom is -0.331 e. The van der Waals surface area contributed by atoms with E-state index in [0.717, 1.165) is 12.1 Å². The lowest BCUT2D eigenvalue weighted by Gasteiger charge is -2.27. The Morgan fingerprint density at radius 1 is 1.14 bits per heavy atom. The zero-order valence-electron chi connectivity index (χ0n) is 13.2. The second kappa shape index (κ2) is 7.84. The Morgan fingerprint density at radius 2 is 1.68 bits per heavy atom. The summed E-state index contributed by atoms with van der Waals surface area (Å²) in [7, 11) is 3.69. The lowest BCUT2D eigenvalue weighted by Crippen LogP contribution is -2.46. The van der Waals surface area contributed by atoms with E-state index in [4.69, 9.17) is 0 Å². The highest BCUT2D eigenvalue weighted by Gasteiger charge is 2.25. The summed E-state index contributed by atoms with van der Waals surface area (Å²) < 4.78 is 27.0. The van der Waals surface area contributed by atoms with E-state index in [9.17, 15) is 18.4 Å². The van der Waals surface area contributed by atoms with Crippen molar-refractivity contribution in [3.05, 3.63) is 29.8 Å². The highest BCUT2D eigenvalue weighted by Crippen LogP contribution is 2.18. The van der Waals surface area contributed by atoms with Gasteiger partial charge in [0.25, 0.3) is 0 Å². The van der Waals surface area contributed by atoms with Crippen LogP contribution in [0, 0.1) is 11.6 Å². The largest absolute Gasteiger partial charge is 0.331 e. The number of carbonyl (C=O) groups excluding carboxylic acids is 2. The van der Waals surface area contributed by atoms with Crippen molar-refractivity contribution in [2.75, 3.05) is 32.5 Å². The molecular weight excluding hydrogens is 292 g/mol. The molecule has 0 bridgehead atoms. The molecule has 0 radical (unpaired) electrons. The van der Waals surface area contributed by atoms with Gasteiger partial charge in [-0.25, -0.2) is 8.78 Å². The maximum absolute atomic E-state index is 13.5. The van der Waals surface area contributed by atoms with Gasteiger partial charge in [-0.05, 0) is 40.1 Å². The Labute approximate surface area is 128 Å². The predicted molar refractivity (Wildman–Crippen MR) is 80.4 cm³/mol. The van der Waals surface area contributed by atoms with Gasteiger partial charge in [-0.3, -0.25) is 9.59 Å². The van der Waals surface area contributed by atoms with E-state index in [1.165, 1.54) is 11.0 Å². The second-order valence-corrected chi connectivity index (χ2v) is 5.45. The fourth-order valence-corrected chi connectivity index (χ4v) is 1.82. The average Bonchev–Trinajstić information content (AvgIpc) is 2.42. The van der Waals surface area contributed by atoms with Gasteiger partial charge in [0.2, 0.25) is 0 Å². The number of amides is 2. The summed E-state index contributed by atoms with van der Waals surface area (Å²) in [4.78, 5) is 27.4. The van der Waals surface area contributed by atoms with E-state index in [2.05, 4.69) is 0 Å². The van der Waals surface area contributed by atoms with E-state index in [0.29, 0.717) is 13.1 Å². The molecular formula is C15H21F2N3O2. The van der Waals surface area contributed by atoms with Crippen LogP contribution in [0.5, 0.6) is 0 Å². The number of para-hydroxylation sites is 1. The number of halogens is 2. The van der Waals surface area contributed by atoms with E-state index < -0.39 is 29.1 Å². The first-order valence-corrected chi connectivity index (χ1v) is 6.94. The minimum absolute atomic E-state index is 0.205. The third kappa shape index (κ3) is 4.77. The molecule has 0 saturated carbocycles. The first-order chi connectivity index (χ1) is 10.2. The number of nitrogens with one attached hydrogen (secondary N) is 1. The Morgan fingerprint density at radius 3 is 2.14 bits per heavy atom. The first kappa shape index (κ1) is 18.0. The molecule has 0 unspecified atom stereocenters. The Kier molecular flexibility index (Phi) is 6.42. The number of anilines is 1. The zero-order valence-corrected chi connectivity index (χ0v) is 13.2. The fourth-order valence-electron chi connectivity index (χ4n) is 1.82. The fraction of sp³-hybridized carbons (Fsp3) is 0.467. The van der Waals surface area contributed by atoms with Crippen molar-refractivity contribution in [2.45, 2.75) is 19.9 Å². The molecule has 0 atom stereocenters. The number of hydrogen-bond donors (Lipinski definition) is 1. The normalized spacial score (nSPS) is 10.9. The molecule has 122 valence electrons. The van der Waals surface area contributed by atoms with Crippen molar-refractivity contribution in [2.24, 2.45) is 0 Å². The SMILES string of the molecule is CC(C)N(CCN(C)C)C(=O)C(=O)Nc1c(F)cccc1F. The van der Waals surface area contributed by atoms with Crippen molar-refractivity contribution in [1.82, 2.24) is 9.80 Å². The molecule has 1 rings (SSSR count). The molecule has 1 aromatic rings. The monoisotopic (exact) mass is 313 g/mol. The van der Waals surface area contributed by atoms with Crippen molar-refractivity contribution in [3.63, 3.8) is 0 Å². The standard InChI is InChI=1S/C15H21F2N3O2/c1-10(2)20(9-8-19(3)4)15(22)14(21)18-13-11(16)6-5-7-12(13)17/h5-7,10H,8-9H2,1-4H3,(H,18,21). The third-order valence-electron chi connectivity index (χ3n) is 3.07. The van der Waals surface area contributed by atoms with Gasteiger partial charge in [-0.1, -0.05) is 6.07 Å². The van der Waals surface area contributed by atoms with E-state index >= 15 is 0 Å². The molecule has 7 heteroatoms. The first-order valence-electron chi connectivity index (χ1n) is 6.94. The van der Waals surface area contributed by atoms with Crippen LogP contribution < -0.4 is 5.32 Å². The quantitative estimate of drug-likeness (QED) is 0.842. The molecule has 0 spiro atoms. The summed E-state index contributed by atoms with van der Waals surface area (Å²) in [5.41, 5.74) is -0.614. The highest BCUT2D eigenvalue weighted by atomic mass is 19.1. The molecule has 1 N–H and O–H groups in total. The van der Waals surface area contributed by atoms with Gasteiger partial charge < -0.3 is 15.1 Å². The lowest BCUT2D eigenvalue weighted by atomic mass is 10.2. The van der Waals surface area contributed by atoms with E-state index in [1.807, 2.05) is 24.3 Å². The number of rotatable bonds is 5. The molecule has 0 fully saturated rings. The summed E-state index contributed by atoms with van der Waals surface area (Å²) in [5, 5.41) is 2.01. The van der Waals surface area contributed by atoms with Crippen LogP contribution in [0.4, 0.5) is 14.5 Å². The topological polar surface area (TPSA) is 52.7 Å². The molecule has 0 aromatic heterocycles. The van der Waals surface area contributed by atoms with Crippen LogP contribution in [-0.4, -0.2) is 54.8 Å². The van der Waals surface area contributed by atoms with Crippen molar-refractivity contribution < 1.29 is 18.4 Å². The van der Waals surface area contributed by atoms with Gasteiger partial charge in [0.05, 0.1) is 0 Å². The van der Waals surface area contributed by atoms with E-state index in [1.54, 1.807) is 13.8 Å². The zero-order chi connectivity index (χ0) is 16.9. The van der Waals surface area contributed by atoms with Crippen LogP contribution in [0.15, 0.2) is 18.2 Å². The smallest absolute Gasteiger partial charge is 0.314 e. The van der Waals surface area contributed by atoms with Crippen molar-refractivity contribution in [1.29, 1.82) is 0 Å². The number of benzene rings is 1. The van der Waals surface area contributed by atoms with Crippen LogP contribution >= 0.6 is 0 Å². The second-order valence-electron chi connectivity index (χ2n) is 5.45. The summed E-state index contributed by atoms with van der Waals surface area (Å²) in [6, 6.07) is 2.99. The summed E-state index contributed by atoms with van der Waals surface area (Å²) in [6.45, 7) is 4.46. The van der Waals surface area contributed by atoms with Gasteiger partial charge in [0.1, 0.15) is 17.3 Å². The molecule has 0 aliphatic heterocycles. The van der Waals surface area contributed by atoms with E-state index in [-0.39, 0.29) is 6.04 Å². The van der Waals surface area contributed by atoms with Crippen molar-refractivity contribution >= 4 is 17.5 Å². The molecule has 0 aliphatic carbocycles. The number of carbonyl (C=O) groups is 2. The maximum Gasteiger partial charge on any atom is 0.314 e. The molecule has 0 saturated heterocycles. The van der Waals surface area contributed by atoms with Crippen LogP contribution in [0.1, 0.15) is 13.8 Å². The third-order valence-corrected chi connectivity index (χ3v) is 3.07. The average molecular weight is 313 g/mol. The molecule has 0 heterocycles. The summed E-state index contributed by atoms with van der Waals surface area (Å²) >= 11 is 0. The molecule has 5 nitrogen and oxygen atoms in total. The molecule has 22 heavy (non-hydrogen) atoms. The van der Waals surface area contributed by atoms with Gasteiger partial charge in [-0.15, -0.1) is 0 Å². The van der Waals surface area contributed by atoms with Gasteiger partial charge in [0, 0.05) is 19.1 Å².